The van der Waals surface area contributed by atoms with Gasteiger partial charge in [0, 0.05) is 0 Å². The Labute approximate surface area is 82.5 Å². The van der Waals surface area contributed by atoms with Crippen molar-refractivity contribution in [3.8, 4) is 0 Å². The highest BCUT2D eigenvalue weighted by molar-refractivity contribution is 6.31. The van der Waals surface area contributed by atoms with E-state index in [4.69, 9.17) is 21.8 Å². The minimum atomic E-state index is -1.66. The summed E-state index contributed by atoms with van der Waals surface area (Å²) < 4.78 is 13.1. The van der Waals surface area contributed by atoms with Crippen LogP contribution in [0.15, 0.2) is 12.1 Å². The van der Waals surface area contributed by atoms with Gasteiger partial charge in [0.15, 0.2) is 5.82 Å². The Bertz CT molecular complexity index is 416. The summed E-state index contributed by atoms with van der Waals surface area (Å²) in [6.07, 6.45) is 0. The fraction of sp³-hybridized carbons (Fsp3) is 0. The molecule has 2 N–H and O–H groups in total. The number of aromatic carboxylic acids is 2. The Morgan fingerprint density at radius 3 is 2.21 bits per heavy atom. The maximum absolute atomic E-state index is 13.1. The molecule has 0 aliphatic rings. The van der Waals surface area contributed by atoms with Crippen LogP contribution in [-0.4, -0.2) is 22.2 Å². The third kappa shape index (κ3) is 1.67. The number of hydrogen-bond acceptors (Lipinski definition) is 2. The maximum atomic E-state index is 13.1. The second-order valence-electron chi connectivity index (χ2n) is 2.39. The fourth-order valence-corrected chi connectivity index (χ4v) is 1.10. The predicted octanol–water partition coefficient (Wildman–Crippen LogP) is 1.88. The lowest BCUT2D eigenvalue weighted by Crippen LogP contribution is -2.10. The van der Waals surface area contributed by atoms with Gasteiger partial charge in [0.2, 0.25) is 0 Å². The van der Waals surface area contributed by atoms with Gasteiger partial charge in [-0.1, -0.05) is 11.6 Å². The molecule has 0 aromatic heterocycles. The predicted molar refractivity (Wildman–Crippen MR) is 45.3 cm³/mol. The quantitative estimate of drug-likeness (QED) is 0.795. The second kappa shape index (κ2) is 3.63. The SMILES string of the molecule is O=C(O)c1ccc(Cl)c(F)c1C(=O)O. The lowest BCUT2D eigenvalue weighted by atomic mass is 10.1. The van der Waals surface area contributed by atoms with Gasteiger partial charge in [-0.25, -0.2) is 14.0 Å². The third-order valence-corrected chi connectivity index (χ3v) is 1.83. The molecule has 1 aromatic rings. The number of halogens is 2. The van der Waals surface area contributed by atoms with Crippen molar-refractivity contribution < 1.29 is 24.2 Å². The van der Waals surface area contributed by atoms with E-state index in [2.05, 4.69) is 0 Å². The first kappa shape index (κ1) is 10.5. The molecule has 0 spiro atoms. The first-order valence-corrected chi connectivity index (χ1v) is 3.77. The van der Waals surface area contributed by atoms with E-state index in [1.807, 2.05) is 0 Å². The second-order valence-corrected chi connectivity index (χ2v) is 2.80. The van der Waals surface area contributed by atoms with Gasteiger partial charge in [0.25, 0.3) is 0 Å². The molecule has 1 rings (SSSR count). The molecule has 0 fully saturated rings. The summed E-state index contributed by atoms with van der Waals surface area (Å²) in [7, 11) is 0. The van der Waals surface area contributed by atoms with E-state index in [0.717, 1.165) is 12.1 Å². The molecule has 0 saturated carbocycles. The number of hydrogen-bond donors (Lipinski definition) is 2. The first-order chi connectivity index (χ1) is 6.45. The molecule has 74 valence electrons. The molecule has 0 radical (unpaired) electrons. The first-order valence-electron chi connectivity index (χ1n) is 3.39. The lowest BCUT2D eigenvalue weighted by molar-refractivity contribution is 0.0647. The largest absolute Gasteiger partial charge is 0.478 e. The molecule has 0 unspecified atom stereocenters. The van der Waals surface area contributed by atoms with Gasteiger partial charge >= 0.3 is 11.9 Å². The molecule has 0 heterocycles. The van der Waals surface area contributed by atoms with Crippen molar-refractivity contribution in [2.75, 3.05) is 0 Å². The zero-order valence-corrected chi connectivity index (χ0v) is 7.38. The number of carboxylic acids is 2. The summed E-state index contributed by atoms with van der Waals surface area (Å²) >= 11 is 5.30. The Hall–Kier alpha value is -1.62. The average molecular weight is 219 g/mol. The van der Waals surface area contributed by atoms with Gasteiger partial charge in [0.1, 0.15) is 5.56 Å². The van der Waals surface area contributed by atoms with Crippen molar-refractivity contribution in [3.63, 3.8) is 0 Å². The average Bonchev–Trinajstić information content (AvgIpc) is 2.08. The summed E-state index contributed by atoms with van der Waals surface area (Å²) in [5, 5.41) is 16.7. The molecule has 0 saturated heterocycles. The van der Waals surface area contributed by atoms with Crippen LogP contribution < -0.4 is 0 Å². The Kier molecular flexibility index (Phi) is 2.71. The maximum Gasteiger partial charge on any atom is 0.339 e. The molecule has 0 bridgehead atoms. The van der Waals surface area contributed by atoms with Gasteiger partial charge in [-0.2, -0.15) is 0 Å². The lowest BCUT2D eigenvalue weighted by Gasteiger charge is -2.03. The van der Waals surface area contributed by atoms with E-state index < -0.39 is 33.9 Å². The van der Waals surface area contributed by atoms with E-state index in [9.17, 15) is 14.0 Å². The van der Waals surface area contributed by atoms with Crippen LogP contribution in [0.2, 0.25) is 5.02 Å². The van der Waals surface area contributed by atoms with Crippen LogP contribution in [0.1, 0.15) is 20.7 Å². The van der Waals surface area contributed by atoms with E-state index >= 15 is 0 Å². The van der Waals surface area contributed by atoms with Crippen LogP contribution in [-0.2, 0) is 0 Å². The van der Waals surface area contributed by atoms with Crippen molar-refractivity contribution in [1.29, 1.82) is 0 Å². The van der Waals surface area contributed by atoms with Crippen molar-refractivity contribution in [2.24, 2.45) is 0 Å². The third-order valence-electron chi connectivity index (χ3n) is 1.54. The van der Waals surface area contributed by atoms with Gasteiger partial charge < -0.3 is 10.2 Å². The minimum absolute atomic E-state index is 0.424. The molecule has 4 nitrogen and oxygen atoms in total. The highest BCUT2D eigenvalue weighted by Crippen LogP contribution is 2.21. The Morgan fingerprint density at radius 1 is 1.21 bits per heavy atom. The standard InChI is InChI=1S/C8H4ClFO4/c9-4-2-1-3(7(11)12)5(6(4)10)8(13)14/h1-2H,(H,11,12)(H,13,14). The van der Waals surface area contributed by atoms with Gasteiger partial charge in [-0.05, 0) is 12.1 Å². The highest BCUT2D eigenvalue weighted by atomic mass is 35.5. The summed E-state index contributed by atoms with van der Waals surface area (Å²) in [4.78, 5) is 21.1. The molecule has 14 heavy (non-hydrogen) atoms. The number of carbonyl (C=O) groups is 2. The molecule has 0 aliphatic heterocycles. The Morgan fingerprint density at radius 2 is 1.79 bits per heavy atom. The van der Waals surface area contributed by atoms with Crippen LogP contribution in [0.3, 0.4) is 0 Å². The highest BCUT2D eigenvalue weighted by Gasteiger charge is 2.22. The van der Waals surface area contributed by atoms with E-state index in [1.54, 1.807) is 0 Å². The smallest absolute Gasteiger partial charge is 0.339 e. The monoisotopic (exact) mass is 218 g/mol. The van der Waals surface area contributed by atoms with E-state index in [0.29, 0.717) is 0 Å². The summed E-state index contributed by atoms with van der Waals surface area (Å²) in [6.45, 7) is 0. The minimum Gasteiger partial charge on any atom is -0.478 e. The van der Waals surface area contributed by atoms with Crippen LogP contribution >= 0.6 is 11.6 Å². The van der Waals surface area contributed by atoms with Gasteiger partial charge in [-0.3, -0.25) is 0 Å². The summed E-state index contributed by atoms with van der Waals surface area (Å²) in [5.74, 6) is -4.42. The van der Waals surface area contributed by atoms with E-state index in [1.165, 1.54) is 0 Å². The topological polar surface area (TPSA) is 74.6 Å². The number of carboxylic acid groups (broad SMARTS) is 2. The normalized spacial score (nSPS) is 9.86. The van der Waals surface area contributed by atoms with Crippen molar-refractivity contribution >= 4 is 23.5 Å². The van der Waals surface area contributed by atoms with Crippen LogP contribution in [0.5, 0.6) is 0 Å². The molecule has 1 aromatic carbocycles. The Balaban J connectivity index is 3.53. The summed E-state index contributed by atoms with van der Waals surface area (Å²) in [5.41, 5.74) is -1.55. The van der Waals surface area contributed by atoms with Crippen LogP contribution in [0.4, 0.5) is 4.39 Å². The van der Waals surface area contributed by atoms with Gasteiger partial charge in [0.05, 0.1) is 10.6 Å². The molecular formula is C8H4ClFO4. The van der Waals surface area contributed by atoms with E-state index in [-0.39, 0.29) is 0 Å². The fourth-order valence-electron chi connectivity index (χ4n) is 0.938. The van der Waals surface area contributed by atoms with Crippen LogP contribution in [0.25, 0.3) is 0 Å². The van der Waals surface area contributed by atoms with Crippen molar-refractivity contribution in [2.45, 2.75) is 0 Å². The number of benzene rings is 1. The molecule has 0 aliphatic carbocycles. The van der Waals surface area contributed by atoms with Crippen molar-refractivity contribution in [3.05, 3.63) is 34.1 Å². The van der Waals surface area contributed by atoms with Crippen LogP contribution in [0, 0.1) is 5.82 Å². The molecule has 6 heteroatoms. The zero-order valence-electron chi connectivity index (χ0n) is 6.62. The zero-order chi connectivity index (χ0) is 10.9. The van der Waals surface area contributed by atoms with Gasteiger partial charge in [-0.15, -0.1) is 0 Å². The summed E-state index contributed by atoms with van der Waals surface area (Å²) in [6, 6.07) is 1.93. The number of rotatable bonds is 2. The van der Waals surface area contributed by atoms with Crippen molar-refractivity contribution in [1.82, 2.24) is 0 Å². The molecule has 0 amide bonds. The molecular weight excluding hydrogens is 215 g/mol. The molecule has 0 atom stereocenters.